The highest BCUT2D eigenvalue weighted by atomic mass is 19.1. The van der Waals surface area contributed by atoms with E-state index in [4.69, 9.17) is 5.73 Å². The summed E-state index contributed by atoms with van der Waals surface area (Å²) in [5.74, 6) is -1.43. The lowest BCUT2D eigenvalue weighted by Gasteiger charge is -2.28. The van der Waals surface area contributed by atoms with Crippen molar-refractivity contribution < 1.29 is 14.0 Å². The van der Waals surface area contributed by atoms with Crippen LogP contribution in [0.1, 0.15) is 6.92 Å². The number of amides is 2. The molecule has 0 radical (unpaired) electrons. The van der Waals surface area contributed by atoms with E-state index < -0.39 is 23.7 Å². The van der Waals surface area contributed by atoms with Crippen molar-refractivity contribution in [3.05, 3.63) is 60.4 Å². The maximum atomic E-state index is 13.6. The van der Waals surface area contributed by atoms with Crippen LogP contribution in [0, 0.1) is 5.82 Å². The number of nitrogens with zero attached hydrogens (tertiary/aromatic N) is 1. The lowest BCUT2D eigenvalue weighted by Crippen LogP contribution is -2.48. The maximum Gasteiger partial charge on any atom is 0.247 e. The van der Waals surface area contributed by atoms with Crippen LogP contribution in [0.2, 0.25) is 0 Å². The van der Waals surface area contributed by atoms with Gasteiger partial charge in [-0.2, -0.15) is 0 Å². The zero-order chi connectivity index (χ0) is 16.8. The third-order valence-electron chi connectivity index (χ3n) is 3.38. The average Bonchev–Trinajstić information content (AvgIpc) is 2.57. The topological polar surface area (TPSA) is 75.4 Å². The first-order valence-electron chi connectivity index (χ1n) is 7.17. The van der Waals surface area contributed by atoms with Gasteiger partial charge in [-0.25, -0.2) is 4.39 Å². The van der Waals surface area contributed by atoms with Crippen molar-refractivity contribution in [2.24, 2.45) is 5.73 Å². The second-order valence-corrected chi connectivity index (χ2v) is 4.95. The maximum absolute atomic E-state index is 13.6. The Morgan fingerprint density at radius 2 is 1.74 bits per heavy atom. The third kappa shape index (κ3) is 3.92. The molecule has 2 rings (SSSR count). The summed E-state index contributed by atoms with van der Waals surface area (Å²) in [6, 6.07) is 13.7. The number of anilines is 2. The molecule has 120 valence electrons. The van der Waals surface area contributed by atoms with E-state index in [0.29, 0.717) is 5.69 Å². The van der Waals surface area contributed by atoms with E-state index in [1.54, 1.807) is 43.3 Å². The van der Waals surface area contributed by atoms with Gasteiger partial charge < -0.3 is 11.1 Å². The average molecular weight is 315 g/mol. The van der Waals surface area contributed by atoms with Crippen LogP contribution >= 0.6 is 0 Å². The Bertz CT molecular complexity index is 691. The van der Waals surface area contributed by atoms with Crippen molar-refractivity contribution in [3.63, 3.8) is 0 Å². The van der Waals surface area contributed by atoms with Gasteiger partial charge in [-0.3, -0.25) is 14.5 Å². The molecule has 2 aromatic rings. The SMILES string of the molecule is CC(C(=O)Nc1ccccc1F)N(C(=O)CN)c1ccccc1. The Hall–Kier alpha value is -2.73. The van der Waals surface area contributed by atoms with Crippen molar-refractivity contribution in [1.82, 2.24) is 0 Å². The molecule has 1 atom stereocenters. The van der Waals surface area contributed by atoms with Crippen LogP contribution in [0.15, 0.2) is 54.6 Å². The van der Waals surface area contributed by atoms with Gasteiger partial charge >= 0.3 is 0 Å². The normalized spacial score (nSPS) is 11.6. The number of nitrogens with one attached hydrogen (secondary N) is 1. The molecule has 0 aromatic heterocycles. The van der Waals surface area contributed by atoms with Gasteiger partial charge in [0.15, 0.2) is 0 Å². The standard InChI is InChI=1S/C17H18FN3O2/c1-12(17(23)20-15-10-6-5-9-14(15)18)21(16(22)11-19)13-7-3-2-4-8-13/h2-10,12H,11,19H2,1H3,(H,20,23). The molecule has 0 aliphatic rings. The number of nitrogens with two attached hydrogens (primary N) is 1. The van der Waals surface area contributed by atoms with Crippen molar-refractivity contribution in [1.29, 1.82) is 0 Å². The van der Waals surface area contributed by atoms with E-state index in [1.807, 2.05) is 0 Å². The molecule has 0 saturated carbocycles. The fourth-order valence-corrected chi connectivity index (χ4v) is 2.19. The quantitative estimate of drug-likeness (QED) is 0.887. The molecule has 0 fully saturated rings. The highest BCUT2D eigenvalue weighted by Crippen LogP contribution is 2.19. The number of rotatable bonds is 5. The molecule has 0 saturated heterocycles. The van der Waals surface area contributed by atoms with E-state index >= 15 is 0 Å². The van der Waals surface area contributed by atoms with Crippen LogP contribution in [0.4, 0.5) is 15.8 Å². The monoisotopic (exact) mass is 315 g/mol. The molecule has 0 aliphatic heterocycles. The Labute approximate surface area is 133 Å². The molecule has 2 amide bonds. The smallest absolute Gasteiger partial charge is 0.247 e. The predicted molar refractivity (Wildman–Crippen MR) is 87.5 cm³/mol. The van der Waals surface area contributed by atoms with Gasteiger partial charge in [-0.1, -0.05) is 30.3 Å². The number of benzene rings is 2. The van der Waals surface area contributed by atoms with E-state index in [9.17, 15) is 14.0 Å². The first kappa shape index (κ1) is 16.6. The second-order valence-electron chi connectivity index (χ2n) is 4.95. The first-order valence-corrected chi connectivity index (χ1v) is 7.17. The van der Waals surface area contributed by atoms with Crippen molar-refractivity contribution in [3.8, 4) is 0 Å². The summed E-state index contributed by atoms with van der Waals surface area (Å²) in [5, 5.41) is 2.49. The molecule has 3 N–H and O–H groups in total. The van der Waals surface area contributed by atoms with Crippen LogP contribution in [0.5, 0.6) is 0 Å². The third-order valence-corrected chi connectivity index (χ3v) is 3.38. The molecule has 0 spiro atoms. The lowest BCUT2D eigenvalue weighted by atomic mass is 10.2. The van der Waals surface area contributed by atoms with Crippen molar-refractivity contribution >= 4 is 23.2 Å². The minimum atomic E-state index is -0.840. The highest BCUT2D eigenvalue weighted by Gasteiger charge is 2.27. The molecular formula is C17H18FN3O2. The zero-order valence-electron chi connectivity index (χ0n) is 12.7. The summed E-state index contributed by atoms with van der Waals surface area (Å²) < 4.78 is 13.6. The van der Waals surface area contributed by atoms with Gasteiger partial charge in [0.1, 0.15) is 11.9 Å². The summed E-state index contributed by atoms with van der Waals surface area (Å²) in [7, 11) is 0. The number of halogens is 1. The predicted octanol–water partition coefficient (Wildman–Crippen LogP) is 2.14. The first-order chi connectivity index (χ1) is 11.0. The molecule has 2 aromatic carbocycles. The van der Waals surface area contributed by atoms with Crippen LogP contribution in [-0.4, -0.2) is 24.4 Å². The van der Waals surface area contributed by atoms with Gasteiger partial charge in [0.05, 0.1) is 12.2 Å². The fourth-order valence-electron chi connectivity index (χ4n) is 2.19. The molecule has 0 bridgehead atoms. The molecule has 6 heteroatoms. The Morgan fingerprint density at radius 1 is 1.13 bits per heavy atom. The van der Waals surface area contributed by atoms with E-state index in [-0.39, 0.29) is 12.2 Å². The molecule has 23 heavy (non-hydrogen) atoms. The van der Waals surface area contributed by atoms with Crippen molar-refractivity contribution in [2.75, 3.05) is 16.8 Å². The summed E-state index contributed by atoms with van der Waals surface area (Å²) >= 11 is 0. The molecule has 5 nitrogen and oxygen atoms in total. The van der Waals surface area contributed by atoms with Crippen LogP contribution in [0.3, 0.4) is 0 Å². The minimum absolute atomic E-state index is 0.0672. The van der Waals surface area contributed by atoms with Crippen LogP contribution < -0.4 is 16.0 Å². The number of para-hydroxylation sites is 2. The summed E-state index contributed by atoms with van der Waals surface area (Å²) in [4.78, 5) is 25.8. The lowest BCUT2D eigenvalue weighted by molar-refractivity contribution is -0.122. The molecule has 0 aliphatic carbocycles. The highest BCUT2D eigenvalue weighted by molar-refractivity contribution is 6.05. The number of hydrogen-bond acceptors (Lipinski definition) is 3. The number of carbonyl (C=O) groups is 2. The van der Waals surface area contributed by atoms with E-state index in [1.165, 1.54) is 23.1 Å². The van der Waals surface area contributed by atoms with Gasteiger partial charge in [0.2, 0.25) is 11.8 Å². The number of carbonyl (C=O) groups excluding carboxylic acids is 2. The van der Waals surface area contributed by atoms with Crippen molar-refractivity contribution in [2.45, 2.75) is 13.0 Å². The van der Waals surface area contributed by atoms with Gasteiger partial charge in [0.25, 0.3) is 0 Å². The summed E-state index contributed by atoms with van der Waals surface area (Å²) in [6.07, 6.45) is 0. The second kappa shape index (κ2) is 7.51. The Balaban J connectivity index is 2.23. The minimum Gasteiger partial charge on any atom is -0.322 e. The molecule has 0 heterocycles. The Morgan fingerprint density at radius 3 is 2.35 bits per heavy atom. The largest absolute Gasteiger partial charge is 0.322 e. The van der Waals surface area contributed by atoms with Crippen LogP contribution in [-0.2, 0) is 9.59 Å². The molecular weight excluding hydrogens is 297 g/mol. The van der Waals surface area contributed by atoms with Crippen LogP contribution in [0.25, 0.3) is 0 Å². The Kier molecular flexibility index (Phi) is 5.43. The number of hydrogen-bond donors (Lipinski definition) is 2. The zero-order valence-corrected chi connectivity index (χ0v) is 12.7. The van der Waals surface area contributed by atoms with Gasteiger partial charge in [-0.15, -0.1) is 0 Å². The van der Waals surface area contributed by atoms with E-state index in [2.05, 4.69) is 5.32 Å². The van der Waals surface area contributed by atoms with Gasteiger partial charge in [-0.05, 0) is 31.2 Å². The summed E-state index contributed by atoms with van der Waals surface area (Å²) in [5.41, 5.74) is 6.06. The van der Waals surface area contributed by atoms with Gasteiger partial charge in [0, 0.05) is 5.69 Å². The summed E-state index contributed by atoms with van der Waals surface area (Å²) in [6.45, 7) is 1.34. The van der Waals surface area contributed by atoms with E-state index in [0.717, 1.165) is 0 Å². The molecule has 1 unspecified atom stereocenters. The fraction of sp³-hybridized carbons (Fsp3) is 0.176.